The molecule has 4 aromatic heterocycles. The number of benzene rings is 2. The zero-order chi connectivity index (χ0) is 43.0. The lowest BCUT2D eigenvalue weighted by molar-refractivity contribution is 0.0167. The Balaban J connectivity index is 1.13. The smallest absolute Gasteiger partial charge is 0.270 e. The van der Waals surface area contributed by atoms with Crippen molar-refractivity contribution >= 4 is 44.8 Å². The maximum Gasteiger partial charge on any atom is 0.270 e. The number of hydrogen-bond acceptors (Lipinski definition) is 13. The summed E-state index contributed by atoms with van der Waals surface area (Å²) in [7, 11) is 0. The maximum atomic E-state index is 16.5. The van der Waals surface area contributed by atoms with E-state index in [9.17, 15) is 14.0 Å². The molecule has 61 heavy (non-hydrogen) atoms. The summed E-state index contributed by atoms with van der Waals surface area (Å²) in [4.78, 5) is 14.0. The van der Waals surface area contributed by atoms with Crippen LogP contribution in [0.15, 0.2) is 48.8 Å². The van der Waals surface area contributed by atoms with Gasteiger partial charge in [-0.2, -0.15) is 15.5 Å². The molecular weight excluding hydrogens is 784 g/mol. The lowest BCUT2D eigenvalue weighted by Gasteiger charge is -2.29. The van der Waals surface area contributed by atoms with Crippen molar-refractivity contribution in [1.29, 1.82) is 5.26 Å². The largest absolute Gasteiger partial charge is 0.378 e. The van der Waals surface area contributed by atoms with Gasteiger partial charge in [-0.25, -0.2) is 13.2 Å². The van der Waals surface area contributed by atoms with E-state index in [0.717, 1.165) is 36.8 Å². The number of morpholine rings is 2. The van der Waals surface area contributed by atoms with Crippen molar-refractivity contribution < 1.29 is 22.6 Å². The number of nitrogens with one attached hydrogen (secondary N) is 2. The second-order valence-electron chi connectivity index (χ2n) is 15.9. The van der Waals surface area contributed by atoms with Crippen molar-refractivity contribution in [3.05, 3.63) is 105 Å². The van der Waals surface area contributed by atoms with Gasteiger partial charge in [-0.3, -0.25) is 9.97 Å². The molecule has 2 saturated heterocycles. The molecule has 0 amide bonds. The van der Waals surface area contributed by atoms with Gasteiger partial charge in [-0.1, -0.05) is 18.2 Å². The summed E-state index contributed by atoms with van der Waals surface area (Å²) in [6, 6.07) is 11.7. The summed E-state index contributed by atoms with van der Waals surface area (Å²) in [5.41, 5.74) is 6.72. The normalized spacial score (nSPS) is 15.8. The van der Waals surface area contributed by atoms with E-state index in [0.29, 0.717) is 101 Å². The lowest BCUT2D eigenvalue weighted by Crippen LogP contribution is -2.36. The van der Waals surface area contributed by atoms with Crippen LogP contribution in [-0.2, 0) is 21.8 Å². The minimum Gasteiger partial charge on any atom is -0.378 e. The second-order valence-corrected chi connectivity index (χ2v) is 15.9. The molecule has 13 nitrogen and oxygen atoms in total. The highest BCUT2D eigenvalue weighted by molar-refractivity contribution is 5.93. The molecule has 2 N–H and O–H groups in total. The first kappa shape index (κ1) is 41.5. The Kier molecular flexibility index (Phi) is 11.6. The summed E-state index contributed by atoms with van der Waals surface area (Å²) >= 11 is 0. The average molecular weight is 832 g/mol. The first-order valence-corrected chi connectivity index (χ1v) is 20.5. The Morgan fingerprint density at radius 1 is 0.770 bits per heavy atom. The van der Waals surface area contributed by atoms with E-state index in [-0.39, 0.29) is 23.1 Å². The fraction of sp³-hybridized carbons (Fsp3) is 0.400. The third-order valence-electron chi connectivity index (χ3n) is 11.8. The van der Waals surface area contributed by atoms with Crippen LogP contribution in [-0.4, -0.2) is 83.0 Å². The Bertz CT molecular complexity index is 2660. The Hall–Kier alpha value is -6.18. The standard InChI is InChI=1S/C45H48F3N11O2/c1-25-33(28(4)53-43-35-18-30(58-10-14-60-15-11-58)23-50-41(35)29(5)54-56-43)20-39(46)34(37(25)22-49)21-40-42-36(19-31(24-51-42)59-12-16-61-17-13-59)44(57-55-40)52-27(3)32-8-7-9-38(26(32)2)45(6,47)48/h7-9,18-20,23-24,27-28H,10-17,21H2,1-6H3,(H,52,57)(H,53,56)/t27-,28-/m1/s1. The highest BCUT2D eigenvalue weighted by Gasteiger charge is 2.29. The van der Waals surface area contributed by atoms with Crippen LogP contribution in [0.1, 0.15) is 83.2 Å². The number of halogens is 3. The molecule has 0 unspecified atom stereocenters. The van der Waals surface area contributed by atoms with Crippen molar-refractivity contribution in [3.8, 4) is 6.07 Å². The third-order valence-corrected chi connectivity index (χ3v) is 11.8. The summed E-state index contributed by atoms with van der Waals surface area (Å²) in [5, 5.41) is 36.8. The van der Waals surface area contributed by atoms with Crippen LogP contribution < -0.4 is 20.4 Å². The third kappa shape index (κ3) is 8.32. The van der Waals surface area contributed by atoms with Crippen LogP contribution in [0.5, 0.6) is 0 Å². The van der Waals surface area contributed by atoms with Gasteiger partial charge in [0.05, 0.1) is 96.3 Å². The molecule has 2 aromatic carbocycles. The van der Waals surface area contributed by atoms with Gasteiger partial charge in [0.25, 0.3) is 5.92 Å². The number of ether oxygens (including phenoxy) is 2. The number of fused-ring (bicyclic) bond motifs is 2. The quantitative estimate of drug-likeness (QED) is 0.130. The van der Waals surface area contributed by atoms with Crippen LogP contribution in [0.2, 0.25) is 0 Å². The van der Waals surface area contributed by atoms with Gasteiger partial charge >= 0.3 is 0 Å². The predicted molar refractivity (Wildman–Crippen MR) is 229 cm³/mol. The second kappa shape index (κ2) is 17.1. The van der Waals surface area contributed by atoms with E-state index in [1.165, 1.54) is 12.1 Å². The van der Waals surface area contributed by atoms with Gasteiger partial charge in [0.2, 0.25) is 0 Å². The topological polar surface area (TPSA) is 150 Å². The number of aromatic nitrogens is 6. The molecule has 8 rings (SSSR count). The minimum absolute atomic E-state index is 0.0456. The molecule has 16 heteroatoms. The van der Waals surface area contributed by atoms with E-state index < -0.39 is 23.8 Å². The molecule has 6 aromatic rings. The van der Waals surface area contributed by atoms with Crippen molar-refractivity contribution in [3.63, 3.8) is 0 Å². The highest BCUT2D eigenvalue weighted by atomic mass is 19.3. The zero-order valence-electron chi connectivity index (χ0n) is 35.1. The van der Waals surface area contributed by atoms with Gasteiger partial charge < -0.3 is 29.9 Å². The van der Waals surface area contributed by atoms with E-state index in [2.05, 4.69) is 46.9 Å². The van der Waals surface area contributed by atoms with E-state index >= 15 is 4.39 Å². The van der Waals surface area contributed by atoms with Crippen LogP contribution in [0.25, 0.3) is 21.8 Å². The van der Waals surface area contributed by atoms with E-state index in [1.807, 2.05) is 52.1 Å². The molecule has 0 saturated carbocycles. The molecule has 0 aliphatic carbocycles. The molecule has 2 aliphatic heterocycles. The Morgan fingerprint density at radius 2 is 1.33 bits per heavy atom. The molecule has 2 atom stereocenters. The molecule has 0 spiro atoms. The van der Waals surface area contributed by atoms with Gasteiger partial charge in [0.1, 0.15) is 5.82 Å². The summed E-state index contributed by atoms with van der Waals surface area (Å²) in [6.45, 7) is 15.3. The fourth-order valence-corrected chi connectivity index (χ4v) is 8.47. The average Bonchev–Trinajstić information content (AvgIpc) is 3.26. The molecule has 316 valence electrons. The summed E-state index contributed by atoms with van der Waals surface area (Å²) < 4.78 is 56.7. The van der Waals surface area contributed by atoms with Crippen LogP contribution in [0.3, 0.4) is 0 Å². The first-order valence-electron chi connectivity index (χ1n) is 20.5. The van der Waals surface area contributed by atoms with Crippen LogP contribution in [0.4, 0.5) is 36.2 Å². The zero-order valence-corrected chi connectivity index (χ0v) is 35.1. The van der Waals surface area contributed by atoms with Crippen molar-refractivity contribution in [2.75, 3.05) is 73.0 Å². The molecule has 0 radical (unpaired) electrons. The van der Waals surface area contributed by atoms with Gasteiger partial charge in [-0.15, -0.1) is 10.2 Å². The molecule has 6 heterocycles. The SMILES string of the molecule is Cc1c([C@@H](C)Nc2nnc(Cc3c(F)cc([C@@H](C)Nc4nnc(C)c5ncc(N6CCOCC6)cc45)c(C)c3C#N)c3ncc(N4CCOCC4)cc23)cccc1C(C)(F)F. The van der Waals surface area contributed by atoms with Crippen molar-refractivity contribution in [2.45, 2.75) is 66.0 Å². The highest BCUT2D eigenvalue weighted by Crippen LogP contribution is 2.37. The van der Waals surface area contributed by atoms with Gasteiger partial charge in [0.15, 0.2) is 11.6 Å². The van der Waals surface area contributed by atoms with Gasteiger partial charge in [-0.05, 0) is 75.1 Å². The number of anilines is 4. The molecule has 2 fully saturated rings. The van der Waals surface area contributed by atoms with E-state index in [4.69, 9.17) is 19.4 Å². The maximum absolute atomic E-state index is 16.5. The number of aryl methyl sites for hydroxylation is 1. The first-order chi connectivity index (χ1) is 29.3. The van der Waals surface area contributed by atoms with E-state index in [1.54, 1.807) is 19.2 Å². The Morgan fingerprint density at radius 3 is 1.92 bits per heavy atom. The number of nitriles is 1. The molecular formula is C45H48F3N11O2. The molecule has 2 aliphatic rings. The predicted octanol–water partition coefficient (Wildman–Crippen LogP) is 8.02. The van der Waals surface area contributed by atoms with Crippen LogP contribution in [0, 0.1) is 37.9 Å². The Labute approximate surface area is 352 Å². The van der Waals surface area contributed by atoms with Crippen LogP contribution >= 0.6 is 0 Å². The minimum atomic E-state index is -3.01. The number of alkyl halides is 2. The van der Waals surface area contributed by atoms with Gasteiger partial charge in [0, 0.05) is 61.4 Å². The number of rotatable bonds is 11. The number of pyridine rings is 2. The van der Waals surface area contributed by atoms with Crippen molar-refractivity contribution in [2.24, 2.45) is 0 Å². The monoisotopic (exact) mass is 831 g/mol. The lowest BCUT2D eigenvalue weighted by atomic mass is 9.91. The number of hydrogen-bond donors (Lipinski definition) is 2. The summed E-state index contributed by atoms with van der Waals surface area (Å²) in [5.74, 6) is -2.69. The number of nitrogens with zero attached hydrogens (tertiary/aromatic N) is 9. The molecule has 0 bridgehead atoms. The summed E-state index contributed by atoms with van der Waals surface area (Å²) in [6.07, 6.45) is 3.53. The van der Waals surface area contributed by atoms with Crippen molar-refractivity contribution in [1.82, 2.24) is 30.4 Å². The fourth-order valence-electron chi connectivity index (χ4n) is 8.47.